The molecule has 6 nitrogen and oxygen atoms in total. The zero-order valence-electron chi connectivity index (χ0n) is 16.4. The maximum Gasteiger partial charge on any atom is 0.239 e. The van der Waals surface area contributed by atoms with Crippen LogP contribution < -0.4 is 16.0 Å². The molecule has 0 spiro atoms. The maximum atomic E-state index is 11.7. The normalized spacial score (nSPS) is 17.4. The molecule has 1 unspecified atom stereocenters. The van der Waals surface area contributed by atoms with Crippen molar-refractivity contribution in [3.8, 4) is 0 Å². The number of hydrogen-bond donors (Lipinski definition) is 3. The highest BCUT2D eigenvalue weighted by Gasteiger charge is 2.22. The molecule has 0 saturated carbocycles. The van der Waals surface area contributed by atoms with E-state index in [2.05, 4.69) is 39.7 Å². The average molecular weight is 467 g/mol. The number of likely N-dealkylation sites (tertiary alicyclic amines) is 1. The third-order valence-corrected chi connectivity index (χ3v) is 4.57. The highest BCUT2D eigenvalue weighted by Crippen LogP contribution is 2.16. The fourth-order valence-electron chi connectivity index (χ4n) is 3.13. The summed E-state index contributed by atoms with van der Waals surface area (Å²) in [6.45, 7) is 10.8. The Bertz CT molecular complexity index is 382. The molecule has 1 heterocycles. The first-order chi connectivity index (χ1) is 11.6. The summed E-state index contributed by atoms with van der Waals surface area (Å²) in [6.07, 6.45) is 6.25. The van der Waals surface area contributed by atoms with Crippen molar-refractivity contribution in [1.29, 1.82) is 0 Å². The minimum absolute atomic E-state index is 0. The molecular weight excluding hydrogens is 429 g/mol. The van der Waals surface area contributed by atoms with E-state index in [1.807, 2.05) is 6.92 Å². The van der Waals surface area contributed by atoms with Gasteiger partial charge in [0.15, 0.2) is 5.96 Å². The van der Waals surface area contributed by atoms with Crippen LogP contribution in [0, 0.1) is 5.92 Å². The Kier molecular flexibility index (Phi) is 14.3. The van der Waals surface area contributed by atoms with Gasteiger partial charge in [-0.15, -0.1) is 24.0 Å². The summed E-state index contributed by atoms with van der Waals surface area (Å²) in [5.74, 6) is 1.29. The molecule has 1 atom stereocenters. The van der Waals surface area contributed by atoms with Crippen molar-refractivity contribution < 1.29 is 4.79 Å². The molecule has 0 radical (unpaired) electrons. The summed E-state index contributed by atoms with van der Waals surface area (Å²) in [5, 5.41) is 9.35. The number of hydrogen-bond acceptors (Lipinski definition) is 3. The van der Waals surface area contributed by atoms with E-state index in [0.29, 0.717) is 17.9 Å². The topological polar surface area (TPSA) is 68.8 Å². The van der Waals surface area contributed by atoms with Gasteiger partial charge in [0.05, 0.1) is 6.54 Å². The van der Waals surface area contributed by atoms with Gasteiger partial charge < -0.3 is 16.0 Å². The quantitative estimate of drug-likeness (QED) is 0.291. The van der Waals surface area contributed by atoms with E-state index in [1.54, 1.807) is 7.05 Å². The van der Waals surface area contributed by atoms with Gasteiger partial charge in [-0.3, -0.25) is 14.7 Å². The minimum atomic E-state index is 0. The third-order valence-electron chi connectivity index (χ3n) is 4.57. The summed E-state index contributed by atoms with van der Waals surface area (Å²) in [5.41, 5.74) is 0. The smallest absolute Gasteiger partial charge is 0.239 e. The zero-order valence-corrected chi connectivity index (χ0v) is 18.8. The zero-order chi connectivity index (χ0) is 17.8. The molecule has 25 heavy (non-hydrogen) atoms. The summed E-state index contributed by atoms with van der Waals surface area (Å²) in [6, 6.07) is 0.496. The van der Waals surface area contributed by atoms with Crippen molar-refractivity contribution in [2.45, 2.75) is 58.9 Å². The molecule has 0 aliphatic carbocycles. The van der Waals surface area contributed by atoms with E-state index in [9.17, 15) is 4.79 Å². The van der Waals surface area contributed by atoms with Crippen LogP contribution in [0.1, 0.15) is 52.9 Å². The molecule has 1 fully saturated rings. The van der Waals surface area contributed by atoms with Gasteiger partial charge in [0.25, 0.3) is 0 Å². The first-order valence-corrected chi connectivity index (χ1v) is 9.53. The number of aliphatic imine (C=N–C) groups is 1. The molecule has 0 bridgehead atoms. The summed E-state index contributed by atoms with van der Waals surface area (Å²) in [7, 11) is 1.75. The van der Waals surface area contributed by atoms with Crippen molar-refractivity contribution in [2.24, 2.45) is 10.9 Å². The summed E-state index contributed by atoms with van der Waals surface area (Å²) < 4.78 is 0. The number of nitrogens with zero attached hydrogens (tertiary/aromatic N) is 2. The molecule has 3 N–H and O–H groups in total. The van der Waals surface area contributed by atoms with Crippen LogP contribution in [0.2, 0.25) is 0 Å². The maximum absolute atomic E-state index is 11.7. The monoisotopic (exact) mass is 467 g/mol. The average Bonchev–Trinajstić information content (AvgIpc) is 2.84. The Labute approximate surface area is 171 Å². The fourth-order valence-corrected chi connectivity index (χ4v) is 3.13. The number of halogens is 1. The van der Waals surface area contributed by atoms with Gasteiger partial charge in [0.2, 0.25) is 5.91 Å². The number of carbonyl (C=O) groups is 1. The standard InChI is InChI=1S/C18H37N5O.HI/c1-5-10-20-17(24)14-22-18(19-4)21-13-16(15(2)3)23-11-8-6-7-9-12-23;/h15-16H,5-14H2,1-4H3,(H,20,24)(H2,19,21,22);1H. The Morgan fingerprint density at radius 3 is 2.24 bits per heavy atom. The van der Waals surface area contributed by atoms with Crippen LogP contribution in [0.3, 0.4) is 0 Å². The fraction of sp³-hybridized carbons (Fsp3) is 0.889. The Morgan fingerprint density at radius 2 is 1.72 bits per heavy atom. The van der Waals surface area contributed by atoms with Gasteiger partial charge in [0, 0.05) is 26.2 Å². The summed E-state index contributed by atoms with van der Waals surface area (Å²) in [4.78, 5) is 18.5. The second-order valence-corrected chi connectivity index (χ2v) is 6.92. The predicted octanol–water partition coefficient (Wildman–Crippen LogP) is 2.20. The first kappa shape index (κ1) is 24.4. The second kappa shape index (κ2) is 14.6. The van der Waals surface area contributed by atoms with Gasteiger partial charge in [-0.05, 0) is 38.3 Å². The van der Waals surface area contributed by atoms with Crippen molar-refractivity contribution in [3.05, 3.63) is 0 Å². The SMILES string of the molecule is CCCNC(=O)CNC(=NC)NCC(C(C)C)N1CCCCCC1.I. The van der Waals surface area contributed by atoms with Gasteiger partial charge in [0.1, 0.15) is 0 Å². The van der Waals surface area contributed by atoms with E-state index in [1.165, 1.54) is 38.8 Å². The Morgan fingerprint density at radius 1 is 1.08 bits per heavy atom. The van der Waals surface area contributed by atoms with Crippen molar-refractivity contribution >= 4 is 35.8 Å². The van der Waals surface area contributed by atoms with Crippen LogP contribution in [0.25, 0.3) is 0 Å². The van der Waals surface area contributed by atoms with Gasteiger partial charge in [-0.25, -0.2) is 0 Å². The lowest BCUT2D eigenvalue weighted by Crippen LogP contribution is -2.50. The molecule has 1 saturated heterocycles. The van der Waals surface area contributed by atoms with Crippen LogP contribution in [0.5, 0.6) is 0 Å². The molecule has 148 valence electrons. The van der Waals surface area contributed by atoms with Crippen LogP contribution in [0.15, 0.2) is 4.99 Å². The number of guanidine groups is 1. The number of amides is 1. The molecule has 1 aliphatic heterocycles. The lowest BCUT2D eigenvalue weighted by atomic mass is 10.0. The highest BCUT2D eigenvalue weighted by atomic mass is 127. The largest absolute Gasteiger partial charge is 0.355 e. The molecule has 0 aromatic heterocycles. The van der Waals surface area contributed by atoms with Crippen LogP contribution in [0.4, 0.5) is 0 Å². The lowest BCUT2D eigenvalue weighted by molar-refractivity contribution is -0.120. The minimum Gasteiger partial charge on any atom is -0.355 e. The van der Waals surface area contributed by atoms with Crippen LogP contribution in [-0.4, -0.2) is 62.6 Å². The second-order valence-electron chi connectivity index (χ2n) is 6.92. The van der Waals surface area contributed by atoms with Crippen molar-refractivity contribution in [1.82, 2.24) is 20.9 Å². The molecule has 0 aromatic carbocycles. The number of rotatable bonds is 8. The highest BCUT2D eigenvalue weighted by molar-refractivity contribution is 14.0. The van der Waals surface area contributed by atoms with Crippen LogP contribution >= 0.6 is 24.0 Å². The Hall–Kier alpha value is -0.570. The molecular formula is C18H38IN5O. The van der Waals surface area contributed by atoms with E-state index in [0.717, 1.165) is 19.5 Å². The van der Waals surface area contributed by atoms with Gasteiger partial charge in [-0.2, -0.15) is 0 Å². The van der Waals surface area contributed by atoms with E-state index >= 15 is 0 Å². The predicted molar refractivity (Wildman–Crippen MR) is 117 cm³/mol. The van der Waals surface area contributed by atoms with E-state index in [4.69, 9.17) is 0 Å². The first-order valence-electron chi connectivity index (χ1n) is 9.53. The lowest BCUT2D eigenvalue weighted by Gasteiger charge is -2.34. The van der Waals surface area contributed by atoms with Crippen molar-refractivity contribution in [3.63, 3.8) is 0 Å². The summed E-state index contributed by atoms with van der Waals surface area (Å²) >= 11 is 0. The van der Waals surface area contributed by atoms with E-state index in [-0.39, 0.29) is 36.4 Å². The van der Waals surface area contributed by atoms with Gasteiger partial charge in [-0.1, -0.05) is 33.6 Å². The third kappa shape index (κ3) is 10.2. The molecule has 1 rings (SSSR count). The molecule has 7 heteroatoms. The Balaban J connectivity index is 0.00000576. The van der Waals surface area contributed by atoms with Crippen molar-refractivity contribution in [2.75, 3.05) is 39.8 Å². The van der Waals surface area contributed by atoms with Gasteiger partial charge >= 0.3 is 0 Å². The molecule has 0 aromatic rings. The van der Waals surface area contributed by atoms with Crippen LogP contribution in [-0.2, 0) is 4.79 Å². The molecule has 1 amide bonds. The number of nitrogens with one attached hydrogen (secondary N) is 3. The number of carbonyl (C=O) groups excluding carboxylic acids is 1. The van der Waals surface area contributed by atoms with E-state index < -0.39 is 0 Å². The molecule has 1 aliphatic rings.